The summed E-state index contributed by atoms with van der Waals surface area (Å²) >= 11 is 7.57. The van der Waals surface area contributed by atoms with Gasteiger partial charge in [0.2, 0.25) is 0 Å². The van der Waals surface area contributed by atoms with Crippen LogP contribution in [0.4, 0.5) is 0 Å². The summed E-state index contributed by atoms with van der Waals surface area (Å²) < 4.78 is 4.45. The minimum atomic E-state index is -0.376. The van der Waals surface area contributed by atoms with Crippen LogP contribution in [0.3, 0.4) is 0 Å². The van der Waals surface area contributed by atoms with Gasteiger partial charge in [-0.25, -0.2) is 9.78 Å². The first-order chi connectivity index (χ1) is 12.3. The van der Waals surface area contributed by atoms with Gasteiger partial charge in [0.15, 0.2) is 16.3 Å². The fourth-order valence-electron chi connectivity index (χ4n) is 2.70. The number of aryl methyl sites for hydroxylation is 1. The highest BCUT2D eigenvalue weighted by Crippen LogP contribution is 2.25. The van der Waals surface area contributed by atoms with Crippen molar-refractivity contribution in [3.05, 3.63) is 55.7 Å². The first-order valence-electron chi connectivity index (χ1n) is 8.33. The van der Waals surface area contributed by atoms with Gasteiger partial charge in [-0.2, -0.15) is 0 Å². The van der Waals surface area contributed by atoms with Gasteiger partial charge in [-0.3, -0.25) is 13.9 Å². The quantitative estimate of drug-likeness (QED) is 0.626. The van der Waals surface area contributed by atoms with Crippen molar-refractivity contribution in [3.8, 4) is 0 Å². The average Bonchev–Trinajstić information content (AvgIpc) is 2.96. The third-order valence-electron chi connectivity index (χ3n) is 4.11. The molecular weight excluding hydrogens is 372 g/mol. The second-order valence-corrected chi connectivity index (χ2v) is 8.11. The molecule has 0 atom stereocenters. The lowest BCUT2D eigenvalue weighted by atomic mass is 10.2. The van der Waals surface area contributed by atoms with Crippen LogP contribution >= 0.6 is 23.4 Å². The standard InChI is InChI=1S/C18H21ClN4O2S/c1-11(2)10-26-17-20-15-14(16(24)22(4)18(25)21(15)3)23(17)9-12-5-7-13(19)8-6-12/h5-8,11H,9-10H2,1-4H3. The van der Waals surface area contributed by atoms with Gasteiger partial charge < -0.3 is 4.57 Å². The number of rotatable bonds is 5. The van der Waals surface area contributed by atoms with Gasteiger partial charge in [-0.1, -0.05) is 49.3 Å². The van der Waals surface area contributed by atoms with E-state index in [0.29, 0.717) is 28.6 Å². The summed E-state index contributed by atoms with van der Waals surface area (Å²) in [5.74, 6) is 1.36. The van der Waals surface area contributed by atoms with Crippen LogP contribution in [0, 0.1) is 5.92 Å². The molecule has 0 bridgehead atoms. The van der Waals surface area contributed by atoms with Gasteiger partial charge >= 0.3 is 5.69 Å². The van der Waals surface area contributed by atoms with E-state index in [-0.39, 0.29) is 11.2 Å². The summed E-state index contributed by atoms with van der Waals surface area (Å²) in [5.41, 5.74) is 1.16. The molecule has 8 heteroatoms. The molecule has 0 aliphatic carbocycles. The Morgan fingerprint density at radius 1 is 1.12 bits per heavy atom. The molecule has 0 N–H and O–H groups in total. The van der Waals surface area contributed by atoms with Crippen LogP contribution in [0.25, 0.3) is 11.2 Å². The Labute approximate surface area is 160 Å². The van der Waals surface area contributed by atoms with Gasteiger partial charge in [-0.05, 0) is 23.6 Å². The van der Waals surface area contributed by atoms with E-state index in [1.165, 1.54) is 11.6 Å². The monoisotopic (exact) mass is 392 g/mol. The number of hydrogen-bond donors (Lipinski definition) is 0. The summed E-state index contributed by atoms with van der Waals surface area (Å²) in [5, 5.41) is 1.40. The maximum absolute atomic E-state index is 12.8. The van der Waals surface area contributed by atoms with Crippen LogP contribution in [0.15, 0.2) is 39.0 Å². The average molecular weight is 393 g/mol. The van der Waals surface area contributed by atoms with E-state index in [1.54, 1.807) is 18.8 Å². The zero-order valence-corrected chi connectivity index (χ0v) is 16.8. The van der Waals surface area contributed by atoms with Crippen LogP contribution in [-0.4, -0.2) is 24.4 Å². The van der Waals surface area contributed by atoms with Gasteiger partial charge in [0.1, 0.15) is 0 Å². The van der Waals surface area contributed by atoms with E-state index in [1.807, 2.05) is 28.8 Å². The Morgan fingerprint density at radius 3 is 2.38 bits per heavy atom. The summed E-state index contributed by atoms with van der Waals surface area (Å²) in [7, 11) is 3.13. The minimum absolute atomic E-state index is 0.332. The molecule has 0 aliphatic rings. The molecule has 2 heterocycles. The lowest BCUT2D eigenvalue weighted by molar-refractivity contribution is 0.695. The fourth-order valence-corrected chi connectivity index (χ4v) is 3.77. The van der Waals surface area contributed by atoms with Crippen molar-refractivity contribution in [2.45, 2.75) is 25.5 Å². The Morgan fingerprint density at radius 2 is 1.77 bits per heavy atom. The number of aromatic nitrogens is 4. The second kappa shape index (κ2) is 7.32. The zero-order chi connectivity index (χ0) is 19.0. The summed E-state index contributed by atoms with van der Waals surface area (Å²) in [4.78, 5) is 29.6. The Bertz CT molecular complexity index is 1060. The van der Waals surface area contributed by atoms with Gasteiger partial charge in [-0.15, -0.1) is 0 Å². The molecule has 0 spiro atoms. The van der Waals surface area contributed by atoms with Gasteiger partial charge in [0, 0.05) is 24.9 Å². The summed E-state index contributed by atoms with van der Waals surface area (Å²) in [6.07, 6.45) is 0. The van der Waals surface area contributed by atoms with Crippen molar-refractivity contribution >= 4 is 34.5 Å². The topological polar surface area (TPSA) is 61.8 Å². The largest absolute Gasteiger partial charge is 0.332 e. The van der Waals surface area contributed by atoms with E-state index in [9.17, 15) is 9.59 Å². The summed E-state index contributed by atoms with van der Waals surface area (Å²) in [6.45, 7) is 4.75. The SMILES string of the molecule is CC(C)CSc1nc2c(c(=O)n(C)c(=O)n2C)n1Cc1ccc(Cl)cc1. The zero-order valence-electron chi connectivity index (χ0n) is 15.2. The third kappa shape index (κ3) is 3.46. The van der Waals surface area contributed by atoms with Crippen molar-refractivity contribution in [2.75, 3.05) is 5.75 Å². The van der Waals surface area contributed by atoms with Crippen LogP contribution in [0.1, 0.15) is 19.4 Å². The Hall–Kier alpha value is -1.99. The van der Waals surface area contributed by atoms with Crippen LogP contribution in [0.2, 0.25) is 5.02 Å². The van der Waals surface area contributed by atoms with Gasteiger partial charge in [0.25, 0.3) is 5.56 Å². The molecule has 3 rings (SSSR count). The number of thioether (sulfide) groups is 1. The molecule has 6 nitrogen and oxygen atoms in total. The first kappa shape index (κ1) is 18.8. The maximum Gasteiger partial charge on any atom is 0.332 e. The second-order valence-electron chi connectivity index (χ2n) is 6.69. The highest BCUT2D eigenvalue weighted by molar-refractivity contribution is 7.99. The molecule has 0 aliphatic heterocycles. The molecule has 0 unspecified atom stereocenters. The highest BCUT2D eigenvalue weighted by Gasteiger charge is 2.19. The normalized spacial score (nSPS) is 11.6. The lowest BCUT2D eigenvalue weighted by Gasteiger charge is -2.10. The molecule has 2 aromatic heterocycles. The minimum Gasteiger partial charge on any atom is -0.309 e. The third-order valence-corrected chi connectivity index (χ3v) is 5.77. The molecule has 3 aromatic rings. The molecule has 26 heavy (non-hydrogen) atoms. The first-order valence-corrected chi connectivity index (χ1v) is 9.69. The fraction of sp³-hybridized carbons (Fsp3) is 0.389. The smallest absolute Gasteiger partial charge is 0.309 e. The molecule has 0 amide bonds. The number of imidazole rings is 1. The van der Waals surface area contributed by atoms with Crippen LogP contribution in [-0.2, 0) is 20.6 Å². The number of nitrogens with zero attached hydrogens (tertiary/aromatic N) is 4. The van der Waals surface area contributed by atoms with Crippen molar-refractivity contribution in [3.63, 3.8) is 0 Å². The Balaban J connectivity index is 2.22. The number of hydrogen-bond acceptors (Lipinski definition) is 4. The highest BCUT2D eigenvalue weighted by atomic mass is 35.5. The predicted molar refractivity (Wildman–Crippen MR) is 106 cm³/mol. The Kier molecular flexibility index (Phi) is 5.29. The van der Waals surface area contributed by atoms with Crippen LogP contribution < -0.4 is 11.2 Å². The van der Waals surface area contributed by atoms with E-state index in [0.717, 1.165) is 21.0 Å². The van der Waals surface area contributed by atoms with Crippen molar-refractivity contribution in [2.24, 2.45) is 20.0 Å². The molecular formula is C18H21ClN4O2S. The molecule has 0 radical (unpaired) electrons. The van der Waals surface area contributed by atoms with Gasteiger partial charge in [0.05, 0.1) is 6.54 Å². The predicted octanol–water partition coefficient (Wildman–Crippen LogP) is 2.88. The van der Waals surface area contributed by atoms with Crippen molar-refractivity contribution in [1.82, 2.24) is 18.7 Å². The van der Waals surface area contributed by atoms with E-state index >= 15 is 0 Å². The van der Waals surface area contributed by atoms with E-state index < -0.39 is 0 Å². The molecule has 0 fully saturated rings. The van der Waals surface area contributed by atoms with E-state index in [4.69, 9.17) is 11.6 Å². The number of benzene rings is 1. The van der Waals surface area contributed by atoms with Crippen LogP contribution in [0.5, 0.6) is 0 Å². The lowest BCUT2D eigenvalue weighted by Crippen LogP contribution is -2.37. The molecule has 1 aromatic carbocycles. The molecule has 0 saturated carbocycles. The summed E-state index contributed by atoms with van der Waals surface area (Å²) in [6, 6.07) is 7.50. The maximum atomic E-state index is 12.8. The number of halogens is 1. The van der Waals surface area contributed by atoms with Crippen molar-refractivity contribution < 1.29 is 0 Å². The van der Waals surface area contributed by atoms with E-state index in [2.05, 4.69) is 18.8 Å². The number of fused-ring (bicyclic) bond motifs is 1. The molecule has 138 valence electrons. The van der Waals surface area contributed by atoms with Crippen molar-refractivity contribution in [1.29, 1.82) is 0 Å². The molecule has 0 saturated heterocycles.